The summed E-state index contributed by atoms with van der Waals surface area (Å²) in [6.07, 6.45) is 7.27. The molecule has 0 saturated heterocycles. The Kier molecular flexibility index (Phi) is 6.56. The van der Waals surface area contributed by atoms with Crippen LogP contribution in [0.1, 0.15) is 25.5 Å². The van der Waals surface area contributed by atoms with Gasteiger partial charge in [-0.3, -0.25) is 0 Å². The molecule has 0 aliphatic heterocycles. The number of nitrogens with zero attached hydrogens (tertiary/aromatic N) is 3. The third-order valence-electron chi connectivity index (χ3n) is 4.55. The Hall–Kier alpha value is -3.55. The van der Waals surface area contributed by atoms with E-state index in [0.717, 1.165) is 24.2 Å². The second-order valence-electron chi connectivity index (χ2n) is 7.02. The second-order valence-corrected chi connectivity index (χ2v) is 7.02. The number of rotatable bonds is 9. The summed E-state index contributed by atoms with van der Waals surface area (Å²) in [5.41, 5.74) is 9.28. The number of carbonyl (C=O) groups is 1. The molecule has 0 amide bonds. The average Bonchev–Trinajstić information content (AvgIpc) is 3.48. The lowest BCUT2D eigenvalue weighted by molar-refractivity contribution is -0.134. The highest BCUT2D eigenvalue weighted by Gasteiger charge is 2.25. The molecule has 1 aliphatic carbocycles. The molecule has 1 heterocycles. The van der Waals surface area contributed by atoms with E-state index in [1.54, 1.807) is 26.4 Å². The summed E-state index contributed by atoms with van der Waals surface area (Å²) in [6, 6.07) is 5.59. The minimum atomic E-state index is -0.535. The largest absolute Gasteiger partial charge is 0.494 e. The number of esters is 1. The lowest BCUT2D eigenvalue weighted by Crippen LogP contribution is -2.18. The lowest BCUT2D eigenvalue weighted by Gasteiger charge is -2.13. The summed E-state index contributed by atoms with van der Waals surface area (Å²) in [4.78, 5) is 20.8. The second kappa shape index (κ2) is 9.30. The van der Waals surface area contributed by atoms with E-state index in [2.05, 4.69) is 21.9 Å². The Labute approximate surface area is 176 Å². The summed E-state index contributed by atoms with van der Waals surface area (Å²) in [5.74, 6) is 0.714. The van der Waals surface area contributed by atoms with Gasteiger partial charge >= 0.3 is 5.97 Å². The molecule has 30 heavy (non-hydrogen) atoms. The van der Waals surface area contributed by atoms with Crippen molar-refractivity contribution >= 4 is 17.4 Å². The number of aliphatic imine (C=N–C) groups is 1. The van der Waals surface area contributed by atoms with Gasteiger partial charge in [0.25, 0.3) is 0 Å². The number of benzene rings is 1. The van der Waals surface area contributed by atoms with E-state index in [9.17, 15) is 4.79 Å². The molecule has 0 atom stereocenters. The average molecular weight is 409 g/mol. The van der Waals surface area contributed by atoms with E-state index in [0.29, 0.717) is 23.1 Å². The van der Waals surface area contributed by atoms with Gasteiger partial charge < -0.3 is 25.1 Å². The number of allylic oxidation sites excluding steroid dienone is 1. The molecule has 158 valence electrons. The van der Waals surface area contributed by atoms with Crippen LogP contribution in [-0.4, -0.2) is 34.9 Å². The number of hydrogen-bond acceptors (Lipinski definition) is 7. The van der Waals surface area contributed by atoms with E-state index < -0.39 is 5.97 Å². The van der Waals surface area contributed by atoms with Crippen LogP contribution in [0.3, 0.4) is 0 Å². The van der Waals surface area contributed by atoms with E-state index in [1.165, 1.54) is 0 Å². The SMILES string of the molecule is C=C(/N=C(\C=C(/N)C1CC1)C(=O)OCC)Nc1ccc(-n2cnc(C)c2)c(OC)c1. The van der Waals surface area contributed by atoms with Crippen molar-refractivity contribution in [2.24, 2.45) is 16.6 Å². The first-order valence-electron chi connectivity index (χ1n) is 9.79. The highest BCUT2D eigenvalue weighted by Crippen LogP contribution is 2.33. The maximum atomic E-state index is 12.3. The van der Waals surface area contributed by atoms with Gasteiger partial charge in [0.15, 0.2) is 5.71 Å². The zero-order valence-electron chi connectivity index (χ0n) is 17.5. The zero-order valence-corrected chi connectivity index (χ0v) is 17.5. The highest BCUT2D eigenvalue weighted by atomic mass is 16.5. The topological polar surface area (TPSA) is 104 Å². The number of nitrogens with two attached hydrogens (primary N) is 1. The fourth-order valence-electron chi connectivity index (χ4n) is 2.90. The first-order chi connectivity index (χ1) is 14.4. The molecule has 1 aromatic carbocycles. The number of anilines is 1. The van der Waals surface area contributed by atoms with Crippen molar-refractivity contribution < 1.29 is 14.3 Å². The molecule has 0 spiro atoms. The molecular formula is C22H27N5O3. The Morgan fingerprint density at radius 2 is 2.23 bits per heavy atom. The number of aryl methyl sites for hydroxylation is 1. The summed E-state index contributed by atoms with van der Waals surface area (Å²) < 4.78 is 12.5. The monoisotopic (exact) mass is 409 g/mol. The number of aromatic nitrogens is 2. The van der Waals surface area contributed by atoms with Crippen LogP contribution in [0.15, 0.2) is 59.9 Å². The molecule has 1 fully saturated rings. The van der Waals surface area contributed by atoms with Crippen molar-refractivity contribution in [2.75, 3.05) is 19.0 Å². The van der Waals surface area contributed by atoms with Gasteiger partial charge in [-0.15, -0.1) is 0 Å². The number of ether oxygens (including phenoxy) is 2. The zero-order chi connectivity index (χ0) is 21.7. The van der Waals surface area contributed by atoms with Crippen molar-refractivity contribution in [1.82, 2.24) is 9.55 Å². The number of hydrogen-bond donors (Lipinski definition) is 2. The summed E-state index contributed by atoms with van der Waals surface area (Å²) in [7, 11) is 1.60. The van der Waals surface area contributed by atoms with Gasteiger partial charge in [0.2, 0.25) is 0 Å². The van der Waals surface area contributed by atoms with Gasteiger partial charge in [-0.25, -0.2) is 14.8 Å². The normalized spacial score (nSPS) is 14.4. The van der Waals surface area contributed by atoms with E-state index >= 15 is 0 Å². The van der Waals surface area contributed by atoms with Gasteiger partial charge in [-0.2, -0.15) is 0 Å². The maximum Gasteiger partial charge on any atom is 0.357 e. The molecular weight excluding hydrogens is 382 g/mol. The third kappa shape index (κ3) is 5.28. The Morgan fingerprint density at radius 1 is 1.47 bits per heavy atom. The third-order valence-corrected chi connectivity index (χ3v) is 4.55. The van der Waals surface area contributed by atoms with Crippen LogP contribution in [0, 0.1) is 12.8 Å². The van der Waals surface area contributed by atoms with Crippen molar-refractivity contribution in [2.45, 2.75) is 26.7 Å². The highest BCUT2D eigenvalue weighted by molar-refractivity contribution is 6.41. The van der Waals surface area contributed by atoms with E-state index in [-0.39, 0.29) is 18.1 Å². The fourth-order valence-corrected chi connectivity index (χ4v) is 2.90. The predicted octanol–water partition coefficient (Wildman–Crippen LogP) is 3.33. The summed E-state index contributed by atoms with van der Waals surface area (Å²) >= 11 is 0. The van der Waals surface area contributed by atoms with Crippen molar-refractivity contribution in [3.8, 4) is 11.4 Å². The maximum absolute atomic E-state index is 12.3. The molecule has 8 nitrogen and oxygen atoms in total. The smallest absolute Gasteiger partial charge is 0.357 e. The molecule has 1 aromatic heterocycles. The van der Waals surface area contributed by atoms with Crippen molar-refractivity contribution in [3.63, 3.8) is 0 Å². The molecule has 1 aliphatic rings. The van der Waals surface area contributed by atoms with Crippen LogP contribution >= 0.6 is 0 Å². The molecule has 8 heteroatoms. The van der Waals surface area contributed by atoms with Crippen LogP contribution in [0.25, 0.3) is 5.69 Å². The lowest BCUT2D eigenvalue weighted by atomic mass is 10.2. The van der Waals surface area contributed by atoms with Crippen molar-refractivity contribution in [3.05, 3.63) is 60.6 Å². The van der Waals surface area contributed by atoms with Crippen LogP contribution in [0.4, 0.5) is 5.69 Å². The minimum absolute atomic E-state index is 0.122. The summed E-state index contributed by atoms with van der Waals surface area (Å²) in [6.45, 7) is 7.82. The van der Waals surface area contributed by atoms with E-state index in [4.69, 9.17) is 15.2 Å². The standard InChI is InChI=1S/C22H27N5O3/c1-5-30-22(28)19(11-18(23)16-6-7-16)26-15(3)25-17-8-9-20(21(10-17)29-4)27-12-14(2)24-13-27/h8-13,16,25H,3,5-7,23H2,1-2,4H3/b18-11-,26-19+. The van der Waals surface area contributed by atoms with Crippen LogP contribution in [0.5, 0.6) is 5.75 Å². The quantitative estimate of drug-likeness (QED) is 0.486. The van der Waals surface area contributed by atoms with Crippen LogP contribution < -0.4 is 15.8 Å². The molecule has 0 unspecified atom stereocenters. The van der Waals surface area contributed by atoms with Gasteiger partial charge in [-0.1, -0.05) is 6.58 Å². The Balaban J connectivity index is 1.80. The Morgan fingerprint density at radius 3 is 2.83 bits per heavy atom. The first-order valence-corrected chi connectivity index (χ1v) is 9.79. The fraction of sp³-hybridized carbons (Fsp3) is 0.318. The molecule has 0 radical (unpaired) electrons. The molecule has 3 N–H and O–H groups in total. The number of methoxy groups -OCH3 is 1. The molecule has 0 bridgehead atoms. The van der Waals surface area contributed by atoms with Crippen LogP contribution in [0.2, 0.25) is 0 Å². The van der Waals surface area contributed by atoms with Gasteiger partial charge in [-0.05, 0) is 50.8 Å². The predicted molar refractivity (Wildman–Crippen MR) is 117 cm³/mol. The van der Waals surface area contributed by atoms with Gasteiger partial charge in [0.05, 0.1) is 31.4 Å². The Bertz CT molecular complexity index is 1000. The number of imidazole rings is 1. The molecule has 1 saturated carbocycles. The number of nitrogens with one attached hydrogen (secondary N) is 1. The number of carbonyl (C=O) groups excluding carboxylic acids is 1. The molecule has 3 rings (SSSR count). The van der Waals surface area contributed by atoms with E-state index in [1.807, 2.05) is 35.9 Å². The molecule has 2 aromatic rings. The van der Waals surface area contributed by atoms with Gasteiger partial charge in [0, 0.05) is 23.6 Å². The van der Waals surface area contributed by atoms with Gasteiger partial charge in [0.1, 0.15) is 11.6 Å². The summed E-state index contributed by atoms with van der Waals surface area (Å²) in [5, 5.41) is 3.08. The minimum Gasteiger partial charge on any atom is -0.494 e. The van der Waals surface area contributed by atoms with Crippen LogP contribution in [-0.2, 0) is 9.53 Å². The van der Waals surface area contributed by atoms with Crippen molar-refractivity contribution in [1.29, 1.82) is 0 Å². The first kappa shape index (κ1) is 21.2.